The molecule has 0 radical (unpaired) electrons. The first-order valence-corrected chi connectivity index (χ1v) is 39.8. The molecule has 15 aromatic rings. The van der Waals surface area contributed by atoms with E-state index < -0.39 is 12.8 Å². The van der Waals surface area contributed by atoms with E-state index in [4.69, 9.17) is 6.35 Å². The fourth-order valence-electron chi connectivity index (χ4n) is 16.8. The van der Waals surface area contributed by atoms with Gasteiger partial charge in [0.2, 0.25) is 0 Å². The largest absolute Gasteiger partial charge is 0.311 e. The SMILES string of the molecule is [2H]c1c([2H])c([2H])c(-c2ccc3c(c2)B2c4cc(-c5cc(-c6cc(C(C)(C)C)cc(C(C)(C)C)c6)cc(-n6c7ccc(C(C)(C)C)cc7c7cc(C(C)(C)C)ccc76)n5)ccc4N(c4ccccc4-c4ccccc4)c4cc(-c5cc(C(C)(C)C)cc(C(C)(C)C)c5)cc(c42)N3c2cc(-c3ccccc3)ccc2-c2ccccc2)c([2H])c1[2H]. The van der Waals surface area contributed by atoms with Crippen LogP contribution >= 0.6 is 0 Å². The Morgan fingerprint density at radius 3 is 1.15 bits per heavy atom. The van der Waals surface area contributed by atoms with Crippen molar-refractivity contribution in [1.29, 1.82) is 0 Å². The lowest BCUT2D eigenvalue weighted by molar-refractivity contribution is 0.568. The van der Waals surface area contributed by atoms with Gasteiger partial charge in [-0.1, -0.05) is 349 Å². The molecule has 0 spiro atoms. The highest BCUT2D eigenvalue weighted by Crippen LogP contribution is 2.52. The molecule has 4 nitrogen and oxygen atoms in total. The van der Waals surface area contributed by atoms with Crippen LogP contribution in [0.5, 0.6) is 0 Å². The van der Waals surface area contributed by atoms with Crippen LogP contribution < -0.4 is 26.2 Å². The van der Waals surface area contributed by atoms with Crippen molar-refractivity contribution in [2.24, 2.45) is 0 Å². The predicted molar refractivity (Wildman–Crippen MR) is 483 cm³/mol. The average Bonchev–Trinajstić information content (AvgIpc) is 1.20. The smallest absolute Gasteiger partial charge is 0.252 e. The van der Waals surface area contributed by atoms with Crippen LogP contribution in [-0.2, 0) is 32.5 Å². The van der Waals surface area contributed by atoms with Gasteiger partial charge in [-0.25, -0.2) is 4.98 Å². The first-order chi connectivity index (χ1) is 55.4. The molecule has 2 aliphatic heterocycles. The maximum absolute atomic E-state index is 9.73. The third-order valence-corrected chi connectivity index (χ3v) is 23.3. The minimum Gasteiger partial charge on any atom is -0.311 e. The summed E-state index contributed by atoms with van der Waals surface area (Å²) in [5, 5.41) is 2.35. The third-order valence-electron chi connectivity index (χ3n) is 23.3. The van der Waals surface area contributed by atoms with Gasteiger partial charge >= 0.3 is 0 Å². The Morgan fingerprint density at radius 2 is 0.661 bits per heavy atom. The standard InChI is InChI=1S/C107H103BN4/c1-102(2,3)79-46-51-93-87(66-79)88-67-80(103(4,5)6)47-52-94(88)112(93)100-63-77(75-53-81(104(7,8)9)64-82(54-75)105(10,11)12)59-91(109-100)74-45-50-95-90(58-74)108-89-57-72(68-33-23-19-24-34-68)44-49-96(89)111(97-60-73(69-35-25-20-26-36-69)43-48-86(97)71-39-29-22-30-40-71)99-62-78(76-55-83(106(13,14)15)65-84(56-76)107(16,17)18)61-98(101(99)108)110(95)92-42-32-31-41-85(92)70-37-27-21-28-38-70/h19-67H,1-18H3/i19D,23D,24D,33D,34D. The summed E-state index contributed by atoms with van der Waals surface area (Å²) in [6, 6.07) is 97.3. The predicted octanol–water partition coefficient (Wildman–Crippen LogP) is 27.7. The first kappa shape index (κ1) is 67.4. The molecule has 2 aliphatic rings. The van der Waals surface area contributed by atoms with E-state index in [9.17, 15) is 5.48 Å². The molecule has 112 heavy (non-hydrogen) atoms. The lowest BCUT2D eigenvalue weighted by Gasteiger charge is -2.45. The molecule has 554 valence electrons. The van der Waals surface area contributed by atoms with E-state index in [0.717, 1.165) is 134 Å². The van der Waals surface area contributed by atoms with E-state index in [0.29, 0.717) is 5.56 Å². The zero-order valence-corrected chi connectivity index (χ0v) is 68.3. The number of hydrogen-bond donors (Lipinski definition) is 0. The molecule has 17 rings (SSSR count). The second-order valence-corrected chi connectivity index (χ2v) is 37.4. The molecule has 0 aliphatic carbocycles. The van der Waals surface area contributed by atoms with Crippen LogP contribution in [0.2, 0.25) is 0 Å². The highest BCUT2D eigenvalue weighted by molar-refractivity contribution is 7.00. The van der Waals surface area contributed by atoms with Gasteiger partial charge in [-0.15, -0.1) is 0 Å². The number of benzene rings is 13. The van der Waals surface area contributed by atoms with Gasteiger partial charge in [-0.05, 0) is 216 Å². The van der Waals surface area contributed by atoms with Gasteiger partial charge in [0, 0.05) is 44.6 Å². The van der Waals surface area contributed by atoms with Crippen LogP contribution in [0.25, 0.3) is 106 Å². The van der Waals surface area contributed by atoms with Gasteiger partial charge in [0.05, 0.1) is 35.0 Å². The molecule has 0 unspecified atom stereocenters. The summed E-state index contributed by atoms with van der Waals surface area (Å²) in [4.78, 5) is 11.1. The Bertz CT molecular complexity index is 6350. The fourth-order valence-corrected chi connectivity index (χ4v) is 16.8. The fraction of sp³-hybridized carbons (Fsp3) is 0.224. The van der Waals surface area contributed by atoms with Crippen molar-refractivity contribution in [3.63, 3.8) is 0 Å². The molecule has 13 aromatic carbocycles. The molecular weight excluding hydrogens is 1350 g/mol. The second kappa shape index (κ2) is 27.2. The molecule has 0 bridgehead atoms. The molecular formula is C107H103BN4. The molecule has 0 N–H and O–H groups in total. The summed E-state index contributed by atoms with van der Waals surface area (Å²) in [5.41, 5.74) is 30.2. The molecule has 4 heterocycles. The van der Waals surface area contributed by atoms with E-state index in [2.05, 4.69) is 400 Å². The van der Waals surface area contributed by atoms with Crippen molar-refractivity contribution < 1.29 is 6.85 Å². The Hall–Kier alpha value is -11.5. The Labute approximate surface area is 672 Å². The van der Waals surface area contributed by atoms with Gasteiger partial charge < -0.3 is 9.80 Å². The van der Waals surface area contributed by atoms with E-state index in [1.165, 1.54) is 44.2 Å². The van der Waals surface area contributed by atoms with Crippen LogP contribution in [0.4, 0.5) is 34.1 Å². The van der Waals surface area contributed by atoms with Crippen molar-refractivity contribution in [1.82, 2.24) is 9.55 Å². The maximum Gasteiger partial charge on any atom is 0.252 e. The van der Waals surface area contributed by atoms with Gasteiger partial charge in [0.15, 0.2) is 0 Å². The molecule has 0 saturated carbocycles. The summed E-state index contributed by atoms with van der Waals surface area (Å²) in [5.74, 6) is 0.795. The molecule has 0 amide bonds. The number of anilines is 6. The minimum absolute atomic E-state index is 0.112. The molecule has 0 saturated heterocycles. The summed E-state index contributed by atoms with van der Waals surface area (Å²) in [7, 11) is 0. The Morgan fingerprint density at radius 1 is 0.268 bits per heavy atom. The quantitative estimate of drug-likeness (QED) is 0.128. The van der Waals surface area contributed by atoms with Crippen LogP contribution in [0.15, 0.2) is 297 Å². The Kier molecular flexibility index (Phi) is 16.3. The monoisotopic (exact) mass is 1460 g/mol. The zero-order valence-electron chi connectivity index (χ0n) is 73.3. The number of aromatic nitrogens is 2. The lowest BCUT2D eigenvalue weighted by atomic mass is 9.33. The summed E-state index contributed by atoms with van der Waals surface area (Å²) in [6.45, 7) is 40.9. The summed E-state index contributed by atoms with van der Waals surface area (Å²) >= 11 is 0. The second-order valence-electron chi connectivity index (χ2n) is 37.4. The number of fused-ring (bicyclic) bond motifs is 7. The molecule has 2 aromatic heterocycles. The van der Waals surface area contributed by atoms with Crippen molar-refractivity contribution in [2.75, 3.05) is 9.80 Å². The minimum atomic E-state index is -0.564. The number of hydrogen-bond acceptors (Lipinski definition) is 3. The summed E-state index contributed by atoms with van der Waals surface area (Å²) in [6.07, 6.45) is 0. The van der Waals surface area contributed by atoms with Crippen molar-refractivity contribution in [2.45, 2.75) is 157 Å². The maximum atomic E-state index is 9.73. The first-order valence-electron chi connectivity index (χ1n) is 42.3. The van der Waals surface area contributed by atoms with Crippen LogP contribution in [0.1, 0.15) is 165 Å². The van der Waals surface area contributed by atoms with E-state index in [1.54, 1.807) is 0 Å². The van der Waals surface area contributed by atoms with Gasteiger partial charge in [-0.2, -0.15) is 0 Å². The normalized spacial score (nSPS) is 13.8. The van der Waals surface area contributed by atoms with Crippen LogP contribution in [-0.4, -0.2) is 16.3 Å². The van der Waals surface area contributed by atoms with Crippen molar-refractivity contribution in [3.8, 4) is 83.8 Å². The number of para-hydroxylation sites is 1. The van der Waals surface area contributed by atoms with Gasteiger partial charge in [-0.3, -0.25) is 4.57 Å². The van der Waals surface area contributed by atoms with Crippen molar-refractivity contribution >= 4 is 79.0 Å². The average molecular weight is 1460 g/mol. The van der Waals surface area contributed by atoms with Gasteiger partial charge in [0.25, 0.3) is 6.71 Å². The highest BCUT2D eigenvalue weighted by atomic mass is 15.2. The number of rotatable bonds is 10. The number of nitrogens with zero attached hydrogens (tertiary/aromatic N) is 4. The third kappa shape index (κ3) is 13.4. The summed E-state index contributed by atoms with van der Waals surface area (Å²) < 4.78 is 49.2. The Balaban J connectivity index is 1.04. The van der Waals surface area contributed by atoms with Crippen LogP contribution in [0.3, 0.4) is 0 Å². The van der Waals surface area contributed by atoms with E-state index >= 15 is 0 Å². The van der Waals surface area contributed by atoms with Gasteiger partial charge in [0.1, 0.15) is 5.82 Å². The topological polar surface area (TPSA) is 24.3 Å². The molecule has 0 atom stereocenters. The highest BCUT2D eigenvalue weighted by Gasteiger charge is 2.45. The lowest BCUT2D eigenvalue weighted by Crippen LogP contribution is -2.61. The van der Waals surface area contributed by atoms with E-state index in [-0.39, 0.29) is 62.2 Å². The zero-order chi connectivity index (χ0) is 82.6. The van der Waals surface area contributed by atoms with E-state index in [1.807, 2.05) is 6.07 Å². The number of pyridine rings is 1. The van der Waals surface area contributed by atoms with Crippen LogP contribution in [0, 0.1) is 0 Å². The van der Waals surface area contributed by atoms with Crippen molar-refractivity contribution in [3.05, 3.63) is 331 Å². The molecule has 0 fully saturated rings. The molecule has 5 heteroatoms.